The van der Waals surface area contributed by atoms with Crippen molar-refractivity contribution in [1.29, 1.82) is 0 Å². The molecule has 3 nitrogen and oxygen atoms in total. The quantitative estimate of drug-likeness (QED) is 0.607. The van der Waals surface area contributed by atoms with Crippen LogP contribution < -0.4 is 4.65 Å². The third kappa shape index (κ3) is 3.45. The van der Waals surface area contributed by atoms with E-state index in [-0.39, 0.29) is 5.78 Å². The van der Waals surface area contributed by atoms with Gasteiger partial charge < -0.3 is 9.31 Å². The highest BCUT2D eigenvalue weighted by atomic mass is 16.6. The first kappa shape index (κ1) is 13.4. The number of benzene rings is 2. The van der Waals surface area contributed by atoms with Crippen LogP contribution in [0.5, 0.6) is 5.75 Å². The van der Waals surface area contributed by atoms with E-state index in [0.717, 1.165) is 5.56 Å². The molecule has 2 aromatic rings. The van der Waals surface area contributed by atoms with Gasteiger partial charge in [0, 0.05) is 18.2 Å². The molecule has 0 heterocycles. The number of hydrogen-bond acceptors (Lipinski definition) is 3. The van der Waals surface area contributed by atoms with Gasteiger partial charge in [-0.2, -0.15) is 0 Å². The molecule has 0 saturated carbocycles. The van der Waals surface area contributed by atoms with Crippen LogP contribution in [0.3, 0.4) is 0 Å². The summed E-state index contributed by atoms with van der Waals surface area (Å²) in [5, 5.41) is 0. The highest BCUT2D eigenvalue weighted by Gasteiger charge is 2.08. The van der Waals surface area contributed by atoms with Gasteiger partial charge in [0.1, 0.15) is 5.75 Å². The average molecular weight is 253 g/mol. The summed E-state index contributed by atoms with van der Waals surface area (Å²) in [5.74, 6) is 0.629. The molecule has 2 aromatic carbocycles. The van der Waals surface area contributed by atoms with Gasteiger partial charge in [0.25, 0.3) is 0 Å². The monoisotopic (exact) mass is 253 g/mol. The Labute approximate surface area is 113 Å². The maximum atomic E-state index is 12.2. The van der Waals surface area contributed by atoms with Gasteiger partial charge in [-0.15, -0.1) is 0 Å². The Bertz CT molecular complexity index is 547. The Kier molecular flexibility index (Phi) is 4.37. The number of rotatable bonds is 5. The summed E-state index contributed by atoms with van der Waals surface area (Å²) in [6.07, 6.45) is 0. The van der Waals surface area contributed by atoms with Crippen molar-refractivity contribution in [2.75, 3.05) is 7.11 Å². The molecule has 0 saturated heterocycles. The topological polar surface area (TPSA) is 35.5 Å². The molecule has 0 aliphatic heterocycles. The van der Waals surface area contributed by atoms with Gasteiger partial charge in [-0.05, 0) is 31.2 Å². The van der Waals surface area contributed by atoms with Crippen LogP contribution in [-0.4, -0.2) is 20.6 Å². The molecule has 4 heteroatoms. The molecule has 0 aliphatic carbocycles. The number of carbonyl (C=O) groups excluding carboxylic acids is 1. The summed E-state index contributed by atoms with van der Waals surface area (Å²) in [6, 6.07) is 14.5. The molecule has 0 aliphatic rings. The second kappa shape index (κ2) is 6.20. The van der Waals surface area contributed by atoms with Crippen LogP contribution in [0.15, 0.2) is 48.5 Å². The number of carbonyl (C=O) groups is 1. The maximum absolute atomic E-state index is 12.2. The third-order valence-electron chi connectivity index (χ3n) is 2.71. The summed E-state index contributed by atoms with van der Waals surface area (Å²) in [4.78, 5) is 12.2. The van der Waals surface area contributed by atoms with E-state index in [2.05, 4.69) is 4.65 Å². The van der Waals surface area contributed by atoms with E-state index in [4.69, 9.17) is 4.65 Å². The van der Waals surface area contributed by atoms with Crippen molar-refractivity contribution < 1.29 is 14.1 Å². The van der Waals surface area contributed by atoms with Gasteiger partial charge in [-0.1, -0.05) is 29.8 Å². The molecular weight excluding hydrogens is 239 g/mol. The predicted molar refractivity (Wildman–Crippen MR) is 74.4 cm³/mol. The van der Waals surface area contributed by atoms with Crippen LogP contribution in [0.25, 0.3) is 0 Å². The van der Waals surface area contributed by atoms with Crippen molar-refractivity contribution in [2.45, 2.75) is 6.92 Å². The molecule has 1 radical (unpaired) electrons. The van der Waals surface area contributed by atoms with Crippen LogP contribution in [-0.2, 0) is 4.65 Å². The lowest BCUT2D eigenvalue weighted by Gasteiger charge is -2.05. The fraction of sp³-hybridized carbons (Fsp3) is 0.133. The van der Waals surface area contributed by atoms with E-state index >= 15 is 0 Å². The molecule has 0 aromatic heterocycles. The van der Waals surface area contributed by atoms with E-state index in [0.29, 0.717) is 16.9 Å². The molecule has 0 bridgehead atoms. The molecule has 0 amide bonds. The highest BCUT2D eigenvalue weighted by Crippen LogP contribution is 2.15. The fourth-order valence-electron chi connectivity index (χ4n) is 1.66. The normalized spacial score (nSPS) is 10.0. The van der Waals surface area contributed by atoms with Crippen molar-refractivity contribution in [1.82, 2.24) is 0 Å². The molecule has 0 N–H and O–H groups in total. The SMILES string of the molecule is CO[B]Oc1ccc(C(=O)c2ccc(C)cc2)cc1. The molecule has 19 heavy (non-hydrogen) atoms. The Morgan fingerprint density at radius 2 is 1.47 bits per heavy atom. The zero-order valence-electron chi connectivity index (χ0n) is 10.9. The van der Waals surface area contributed by atoms with Crippen molar-refractivity contribution in [3.05, 3.63) is 65.2 Å². The van der Waals surface area contributed by atoms with Crippen LogP contribution in [0.1, 0.15) is 21.5 Å². The van der Waals surface area contributed by atoms with Crippen molar-refractivity contribution in [3.8, 4) is 5.75 Å². The molecular formula is C15H14BO3. The highest BCUT2D eigenvalue weighted by molar-refractivity contribution is 6.19. The van der Waals surface area contributed by atoms with Gasteiger partial charge in [0.05, 0.1) is 0 Å². The van der Waals surface area contributed by atoms with Gasteiger partial charge in [0.2, 0.25) is 0 Å². The second-order valence-corrected chi connectivity index (χ2v) is 4.17. The smallest absolute Gasteiger partial charge is 0.537 e. The zero-order chi connectivity index (χ0) is 13.7. The molecule has 0 spiro atoms. The molecule has 95 valence electrons. The Hall–Kier alpha value is -2.07. The number of ketones is 1. The lowest BCUT2D eigenvalue weighted by molar-refractivity contribution is 0.103. The van der Waals surface area contributed by atoms with Crippen LogP contribution in [0.4, 0.5) is 0 Å². The minimum atomic E-state index is 0.00210. The van der Waals surface area contributed by atoms with E-state index in [1.54, 1.807) is 24.3 Å². The summed E-state index contributed by atoms with van der Waals surface area (Å²) >= 11 is 0. The third-order valence-corrected chi connectivity index (χ3v) is 2.71. The predicted octanol–water partition coefficient (Wildman–Crippen LogP) is 2.79. The average Bonchev–Trinajstić information content (AvgIpc) is 2.46. The van der Waals surface area contributed by atoms with Crippen molar-refractivity contribution in [2.24, 2.45) is 0 Å². The summed E-state index contributed by atoms with van der Waals surface area (Å²) in [5.41, 5.74) is 2.45. The summed E-state index contributed by atoms with van der Waals surface area (Å²) in [7, 11) is 2.74. The van der Waals surface area contributed by atoms with Gasteiger partial charge in [-0.25, -0.2) is 0 Å². The number of hydrogen-bond donors (Lipinski definition) is 0. The first-order chi connectivity index (χ1) is 9.20. The van der Waals surface area contributed by atoms with Gasteiger partial charge in [-0.3, -0.25) is 4.79 Å². The van der Waals surface area contributed by atoms with Crippen LogP contribution in [0.2, 0.25) is 0 Å². The first-order valence-electron chi connectivity index (χ1n) is 5.93. The van der Waals surface area contributed by atoms with E-state index in [1.165, 1.54) is 14.8 Å². The van der Waals surface area contributed by atoms with Crippen molar-refractivity contribution >= 4 is 13.5 Å². The van der Waals surface area contributed by atoms with Gasteiger partial charge in [0.15, 0.2) is 5.78 Å². The Morgan fingerprint density at radius 1 is 0.947 bits per heavy atom. The first-order valence-corrected chi connectivity index (χ1v) is 5.93. The zero-order valence-corrected chi connectivity index (χ0v) is 10.9. The number of aryl methyl sites for hydroxylation is 1. The van der Waals surface area contributed by atoms with Crippen molar-refractivity contribution in [3.63, 3.8) is 0 Å². The molecule has 2 rings (SSSR count). The Morgan fingerprint density at radius 3 is 2.00 bits per heavy atom. The summed E-state index contributed by atoms with van der Waals surface area (Å²) < 4.78 is 9.84. The van der Waals surface area contributed by atoms with Crippen LogP contribution in [0, 0.1) is 6.92 Å². The fourth-order valence-corrected chi connectivity index (χ4v) is 1.66. The maximum Gasteiger partial charge on any atom is 0.572 e. The lowest BCUT2D eigenvalue weighted by atomic mass is 10.0. The van der Waals surface area contributed by atoms with Gasteiger partial charge >= 0.3 is 7.69 Å². The molecule has 0 fully saturated rings. The standard InChI is InChI=1S/C15H14BO3/c1-11-3-5-12(6-4-11)15(17)13-7-9-14(10-8-13)19-16-18-2/h3-10H,1-2H3. The molecule has 0 atom stereocenters. The minimum absolute atomic E-state index is 0.00210. The van der Waals surface area contributed by atoms with Crippen LogP contribution >= 0.6 is 0 Å². The second-order valence-electron chi connectivity index (χ2n) is 4.17. The van der Waals surface area contributed by atoms with E-state index in [9.17, 15) is 4.79 Å². The Balaban J connectivity index is 2.13. The largest absolute Gasteiger partial charge is 0.572 e. The minimum Gasteiger partial charge on any atom is -0.537 e. The lowest BCUT2D eigenvalue weighted by Crippen LogP contribution is -2.05. The molecule has 0 unspecified atom stereocenters. The van der Waals surface area contributed by atoms with E-state index < -0.39 is 0 Å². The summed E-state index contributed by atoms with van der Waals surface area (Å²) in [6.45, 7) is 1.99. The van der Waals surface area contributed by atoms with E-state index in [1.807, 2.05) is 31.2 Å².